The normalized spacial score (nSPS) is 26.5. The Morgan fingerprint density at radius 3 is 2.83 bits per heavy atom. The van der Waals surface area contributed by atoms with E-state index in [1.807, 2.05) is 6.07 Å². The van der Waals surface area contributed by atoms with Gasteiger partial charge in [-0.05, 0) is 61.2 Å². The van der Waals surface area contributed by atoms with E-state index >= 15 is 0 Å². The molecule has 2 aliphatic heterocycles. The van der Waals surface area contributed by atoms with Crippen LogP contribution in [0.1, 0.15) is 30.9 Å². The van der Waals surface area contributed by atoms with Gasteiger partial charge in [0, 0.05) is 24.8 Å². The molecule has 1 saturated heterocycles. The average molecular weight is 329 g/mol. The van der Waals surface area contributed by atoms with Gasteiger partial charge >= 0.3 is 0 Å². The summed E-state index contributed by atoms with van der Waals surface area (Å²) in [6, 6.07) is 4.14. The van der Waals surface area contributed by atoms with Gasteiger partial charge in [0.1, 0.15) is 5.69 Å². The highest BCUT2D eigenvalue weighted by Crippen LogP contribution is 2.35. The number of quaternary nitrogens is 1. The molecule has 1 aliphatic carbocycles. The zero-order valence-corrected chi connectivity index (χ0v) is 14.3. The largest absolute Gasteiger partial charge is 0.617 e. The van der Waals surface area contributed by atoms with E-state index in [9.17, 15) is 5.21 Å². The van der Waals surface area contributed by atoms with Gasteiger partial charge in [-0.15, -0.1) is 0 Å². The molecule has 1 fully saturated rings. The summed E-state index contributed by atoms with van der Waals surface area (Å²) in [4.78, 5) is 7.07. The fourth-order valence-corrected chi connectivity index (χ4v) is 3.88. The molecule has 2 heterocycles. The Kier molecular flexibility index (Phi) is 4.54. The standard InChI is InChI=1S/C18H25N4O2/c1-13-9-14-11-16-17(12-15(14)10-13)22(23)20-18(19-16)3-2-4-21-5-7-24-8-6-21/h11-13,22H,2-10H2,1H3/q-1. The van der Waals surface area contributed by atoms with Crippen molar-refractivity contribution in [1.82, 2.24) is 4.90 Å². The van der Waals surface area contributed by atoms with Gasteiger partial charge in [0.15, 0.2) is 0 Å². The molecule has 1 aromatic carbocycles. The van der Waals surface area contributed by atoms with Crippen LogP contribution in [0.4, 0.5) is 11.4 Å². The molecule has 3 aliphatic rings. The maximum atomic E-state index is 12.4. The Bertz CT molecular complexity index is 640. The molecule has 2 unspecified atom stereocenters. The first kappa shape index (κ1) is 16.0. The van der Waals surface area contributed by atoms with Crippen molar-refractivity contribution in [3.05, 3.63) is 33.9 Å². The Morgan fingerprint density at radius 1 is 1.29 bits per heavy atom. The number of aliphatic imine (C=N–C) groups is 1. The SMILES string of the molecule is CC1Cc2cc3c(cc2C1)[NH+]([O-])[N-]C(CCCN1CCOCC1)=N3. The van der Waals surface area contributed by atoms with Gasteiger partial charge in [0.2, 0.25) is 0 Å². The lowest BCUT2D eigenvalue weighted by atomic mass is 10.1. The lowest BCUT2D eigenvalue weighted by molar-refractivity contribution is -0.726. The highest BCUT2D eigenvalue weighted by Gasteiger charge is 2.22. The summed E-state index contributed by atoms with van der Waals surface area (Å²) in [6.07, 6.45) is 3.89. The van der Waals surface area contributed by atoms with Gasteiger partial charge in [-0.3, -0.25) is 15.5 Å². The van der Waals surface area contributed by atoms with Crippen LogP contribution in [0.15, 0.2) is 17.1 Å². The number of ether oxygens (including phenoxy) is 1. The second-order valence-corrected chi connectivity index (χ2v) is 7.15. The van der Waals surface area contributed by atoms with Gasteiger partial charge in [-0.2, -0.15) is 0 Å². The van der Waals surface area contributed by atoms with Gasteiger partial charge < -0.3 is 14.9 Å². The van der Waals surface area contributed by atoms with Crippen molar-refractivity contribution >= 4 is 17.2 Å². The monoisotopic (exact) mass is 329 g/mol. The van der Waals surface area contributed by atoms with E-state index < -0.39 is 0 Å². The fraction of sp³-hybridized carbons (Fsp3) is 0.611. The van der Waals surface area contributed by atoms with Crippen molar-refractivity contribution in [2.45, 2.75) is 32.6 Å². The fourth-order valence-electron chi connectivity index (χ4n) is 3.88. The number of amidine groups is 1. The summed E-state index contributed by atoms with van der Waals surface area (Å²) in [5, 5.41) is 12.2. The predicted molar refractivity (Wildman–Crippen MR) is 94.0 cm³/mol. The van der Waals surface area contributed by atoms with Gasteiger partial charge in [-0.1, -0.05) is 6.92 Å². The maximum absolute atomic E-state index is 12.4. The quantitative estimate of drug-likeness (QED) is 0.858. The molecule has 0 amide bonds. The summed E-state index contributed by atoms with van der Waals surface area (Å²) >= 11 is 0. The number of hydrogen-bond donors (Lipinski definition) is 1. The number of nitrogens with zero attached hydrogens (tertiary/aromatic N) is 3. The first-order chi connectivity index (χ1) is 11.7. The van der Waals surface area contributed by atoms with Crippen LogP contribution < -0.4 is 5.17 Å². The van der Waals surface area contributed by atoms with Crippen molar-refractivity contribution in [1.29, 1.82) is 0 Å². The van der Waals surface area contributed by atoms with E-state index in [4.69, 9.17) is 4.74 Å². The van der Waals surface area contributed by atoms with Gasteiger partial charge in [0.05, 0.1) is 13.2 Å². The molecule has 130 valence electrons. The van der Waals surface area contributed by atoms with Crippen molar-refractivity contribution in [3.63, 3.8) is 0 Å². The van der Waals surface area contributed by atoms with Gasteiger partial charge in [-0.25, -0.2) is 0 Å². The van der Waals surface area contributed by atoms with Crippen LogP contribution in [0, 0.1) is 11.1 Å². The number of fused-ring (bicyclic) bond motifs is 2. The Balaban J connectivity index is 1.42. The molecule has 0 spiro atoms. The van der Waals surface area contributed by atoms with E-state index in [1.165, 1.54) is 11.1 Å². The molecular weight excluding hydrogens is 304 g/mol. The van der Waals surface area contributed by atoms with E-state index in [0.717, 1.165) is 64.2 Å². The molecule has 4 rings (SSSR count). The lowest BCUT2D eigenvalue weighted by Crippen LogP contribution is -2.98. The van der Waals surface area contributed by atoms with Crippen molar-refractivity contribution < 1.29 is 9.91 Å². The Hall–Kier alpha value is -1.47. The van der Waals surface area contributed by atoms with E-state index in [2.05, 4.69) is 28.3 Å². The minimum atomic E-state index is -0.122. The number of rotatable bonds is 4. The zero-order chi connectivity index (χ0) is 16.5. The van der Waals surface area contributed by atoms with Crippen LogP contribution in [0.2, 0.25) is 0 Å². The third kappa shape index (κ3) is 3.32. The second kappa shape index (κ2) is 6.80. The number of benzene rings is 1. The summed E-state index contributed by atoms with van der Waals surface area (Å²) < 4.78 is 5.36. The van der Waals surface area contributed by atoms with E-state index in [1.54, 1.807) is 0 Å². The summed E-state index contributed by atoms with van der Waals surface area (Å²) in [5.41, 5.74) is 8.38. The number of morpholine rings is 1. The van der Waals surface area contributed by atoms with Crippen LogP contribution in [0.5, 0.6) is 0 Å². The predicted octanol–water partition coefficient (Wildman–Crippen LogP) is 1.88. The number of hydrogen-bond acceptors (Lipinski definition) is 4. The molecule has 6 heteroatoms. The molecule has 0 aromatic heterocycles. The Morgan fingerprint density at radius 2 is 2.04 bits per heavy atom. The van der Waals surface area contributed by atoms with Crippen LogP contribution in [0.25, 0.3) is 5.43 Å². The highest BCUT2D eigenvalue weighted by molar-refractivity contribution is 5.96. The maximum Gasteiger partial charge on any atom is 0.144 e. The minimum absolute atomic E-state index is 0.122. The first-order valence-corrected chi connectivity index (χ1v) is 8.98. The van der Waals surface area contributed by atoms with E-state index in [-0.39, 0.29) is 5.17 Å². The van der Waals surface area contributed by atoms with Crippen LogP contribution in [-0.2, 0) is 17.6 Å². The molecule has 24 heavy (non-hydrogen) atoms. The topological polar surface area (TPSA) is 66.4 Å². The van der Waals surface area contributed by atoms with Crippen molar-refractivity contribution in [2.75, 3.05) is 32.8 Å². The third-order valence-corrected chi connectivity index (χ3v) is 5.14. The molecule has 0 saturated carbocycles. The minimum Gasteiger partial charge on any atom is -0.617 e. The molecule has 0 bridgehead atoms. The molecule has 6 nitrogen and oxygen atoms in total. The Labute approximate surface area is 143 Å². The first-order valence-electron chi connectivity index (χ1n) is 8.98. The van der Waals surface area contributed by atoms with Crippen LogP contribution in [0.3, 0.4) is 0 Å². The van der Waals surface area contributed by atoms with Crippen LogP contribution >= 0.6 is 0 Å². The van der Waals surface area contributed by atoms with Crippen molar-refractivity contribution in [2.24, 2.45) is 10.9 Å². The lowest BCUT2D eigenvalue weighted by Gasteiger charge is -2.36. The molecule has 1 N–H and O–H groups in total. The van der Waals surface area contributed by atoms with E-state index in [0.29, 0.717) is 17.4 Å². The zero-order valence-electron chi connectivity index (χ0n) is 14.3. The summed E-state index contributed by atoms with van der Waals surface area (Å²) in [5.74, 6) is 1.35. The van der Waals surface area contributed by atoms with Gasteiger partial charge in [0.25, 0.3) is 0 Å². The smallest absolute Gasteiger partial charge is 0.144 e. The summed E-state index contributed by atoms with van der Waals surface area (Å²) in [6.45, 7) is 6.90. The van der Waals surface area contributed by atoms with Crippen LogP contribution in [-0.4, -0.2) is 43.6 Å². The molecule has 1 aromatic rings. The summed E-state index contributed by atoms with van der Waals surface area (Å²) in [7, 11) is 0. The van der Waals surface area contributed by atoms with Crippen molar-refractivity contribution in [3.8, 4) is 0 Å². The average Bonchev–Trinajstić information content (AvgIpc) is 2.93. The highest BCUT2D eigenvalue weighted by atomic mass is 16.5. The second-order valence-electron chi connectivity index (χ2n) is 7.15. The molecule has 2 atom stereocenters. The molecular formula is C18H25N4O2-. The third-order valence-electron chi connectivity index (χ3n) is 5.14. The number of nitrogens with one attached hydrogen (secondary N) is 1. The molecule has 0 radical (unpaired) electrons.